The Kier molecular flexibility index (Phi) is 7.12. The molecule has 180 valence electrons. The molecule has 0 radical (unpaired) electrons. The number of halogens is 1. The van der Waals surface area contributed by atoms with Crippen molar-refractivity contribution in [3.63, 3.8) is 0 Å². The maximum atomic E-state index is 14.9. The monoisotopic (exact) mass is 468 g/mol. The zero-order valence-corrected chi connectivity index (χ0v) is 19.5. The summed E-state index contributed by atoms with van der Waals surface area (Å²) in [6.07, 6.45) is -0.952. The van der Waals surface area contributed by atoms with Gasteiger partial charge in [0.25, 0.3) is 0 Å². The number of carbonyl (C=O) groups excluding carboxylic acids is 2. The fourth-order valence-corrected chi connectivity index (χ4v) is 4.14. The minimum Gasteiger partial charge on any atom is -0.442 e. The van der Waals surface area contributed by atoms with E-state index in [2.05, 4.69) is 15.8 Å². The molecule has 2 heterocycles. The molecule has 0 aromatic heterocycles. The van der Waals surface area contributed by atoms with E-state index in [-0.39, 0.29) is 31.0 Å². The number of oxime groups is 1. The Morgan fingerprint density at radius 3 is 2.62 bits per heavy atom. The molecule has 4 rings (SSSR count). The first-order valence-corrected chi connectivity index (χ1v) is 11.3. The highest BCUT2D eigenvalue weighted by atomic mass is 19.1. The Bertz CT molecular complexity index is 1090. The summed E-state index contributed by atoms with van der Waals surface area (Å²) in [5, 5.41) is 10.1. The second-order valence-electron chi connectivity index (χ2n) is 8.70. The van der Waals surface area contributed by atoms with Crippen LogP contribution >= 0.6 is 0 Å². The standard InChI is InChI=1S/C25H29FN4O4/c1-15-23(16(2)34-29-15)13-27-11-18-4-6-19(7-5-18)22-9-8-20(10-24(22)26)30-14-21(33-25(30)32)12-28-17(3)31/h4-10,16,21,23,27H,11-14H2,1-3H3,(H,28,31)/t16?,21-,23?/m0/s1. The second kappa shape index (κ2) is 10.2. The average Bonchev–Trinajstić information content (AvgIpc) is 3.34. The van der Waals surface area contributed by atoms with Gasteiger partial charge in [-0.1, -0.05) is 29.4 Å². The minimum atomic E-state index is -0.556. The zero-order valence-electron chi connectivity index (χ0n) is 19.5. The van der Waals surface area contributed by atoms with Gasteiger partial charge in [-0.15, -0.1) is 0 Å². The molecule has 2 amide bonds. The van der Waals surface area contributed by atoms with Crippen molar-refractivity contribution < 1.29 is 23.6 Å². The predicted octanol–water partition coefficient (Wildman–Crippen LogP) is 3.45. The number of rotatable bonds is 8. The number of anilines is 1. The van der Waals surface area contributed by atoms with E-state index in [4.69, 9.17) is 9.57 Å². The number of carbonyl (C=O) groups is 2. The van der Waals surface area contributed by atoms with Crippen molar-refractivity contribution in [3.8, 4) is 11.1 Å². The molecule has 1 fully saturated rings. The molecule has 2 aromatic rings. The number of benzene rings is 2. The van der Waals surface area contributed by atoms with E-state index >= 15 is 0 Å². The molecule has 2 aliphatic rings. The van der Waals surface area contributed by atoms with Crippen LogP contribution in [-0.2, 0) is 20.9 Å². The SMILES string of the molecule is CC(=O)NC[C@H]1CN(c2ccc(-c3ccc(CNCC4C(C)=NOC4C)cc3)c(F)c2)C(=O)O1. The van der Waals surface area contributed by atoms with Gasteiger partial charge in [0.05, 0.1) is 30.4 Å². The van der Waals surface area contributed by atoms with Crippen LogP contribution in [-0.4, -0.2) is 49.6 Å². The summed E-state index contributed by atoms with van der Waals surface area (Å²) < 4.78 is 20.2. The molecule has 9 heteroatoms. The molecule has 2 aliphatic heterocycles. The van der Waals surface area contributed by atoms with Gasteiger partial charge in [0.2, 0.25) is 5.91 Å². The van der Waals surface area contributed by atoms with Gasteiger partial charge >= 0.3 is 6.09 Å². The molecule has 3 atom stereocenters. The van der Waals surface area contributed by atoms with Crippen LogP contribution in [0, 0.1) is 11.7 Å². The van der Waals surface area contributed by atoms with E-state index in [9.17, 15) is 14.0 Å². The Morgan fingerprint density at radius 2 is 1.97 bits per heavy atom. The minimum absolute atomic E-state index is 0.0753. The first-order valence-electron chi connectivity index (χ1n) is 11.3. The molecule has 2 aromatic carbocycles. The zero-order chi connectivity index (χ0) is 24.2. The van der Waals surface area contributed by atoms with E-state index in [1.165, 1.54) is 17.9 Å². The highest BCUT2D eigenvalue weighted by Gasteiger charge is 2.32. The molecule has 0 aliphatic carbocycles. The molecule has 1 saturated heterocycles. The van der Waals surface area contributed by atoms with Crippen LogP contribution in [0.2, 0.25) is 0 Å². The Labute approximate surface area is 198 Å². The number of amides is 2. The number of hydrogen-bond donors (Lipinski definition) is 2. The predicted molar refractivity (Wildman–Crippen MR) is 127 cm³/mol. The summed E-state index contributed by atoms with van der Waals surface area (Å²) in [5.74, 6) is -0.360. The Morgan fingerprint density at radius 1 is 1.21 bits per heavy atom. The lowest BCUT2D eigenvalue weighted by Crippen LogP contribution is -2.33. The molecule has 34 heavy (non-hydrogen) atoms. The topological polar surface area (TPSA) is 92.3 Å². The van der Waals surface area contributed by atoms with Gasteiger partial charge in [0.15, 0.2) is 0 Å². The van der Waals surface area contributed by atoms with Crippen molar-refractivity contribution in [2.24, 2.45) is 11.1 Å². The first kappa shape index (κ1) is 23.7. The van der Waals surface area contributed by atoms with Crippen molar-refractivity contribution in [2.45, 2.75) is 39.5 Å². The van der Waals surface area contributed by atoms with Gasteiger partial charge in [-0.05, 0) is 43.2 Å². The summed E-state index contributed by atoms with van der Waals surface area (Å²) >= 11 is 0. The third-order valence-electron chi connectivity index (χ3n) is 6.14. The van der Waals surface area contributed by atoms with Gasteiger partial charge in [0.1, 0.15) is 18.0 Å². The van der Waals surface area contributed by atoms with Gasteiger partial charge < -0.3 is 20.2 Å². The van der Waals surface area contributed by atoms with Gasteiger partial charge in [-0.2, -0.15) is 0 Å². The van der Waals surface area contributed by atoms with Crippen LogP contribution in [0.5, 0.6) is 0 Å². The summed E-state index contributed by atoms with van der Waals surface area (Å²) in [6, 6.07) is 12.4. The third kappa shape index (κ3) is 5.36. The van der Waals surface area contributed by atoms with Gasteiger partial charge in [0, 0.05) is 25.6 Å². The van der Waals surface area contributed by atoms with Crippen molar-refractivity contribution >= 4 is 23.4 Å². The number of ether oxygens (including phenoxy) is 1. The number of hydrogen-bond acceptors (Lipinski definition) is 6. The molecular formula is C25H29FN4O4. The summed E-state index contributed by atoms with van der Waals surface area (Å²) in [7, 11) is 0. The summed E-state index contributed by atoms with van der Waals surface area (Å²) in [5.41, 5.74) is 3.71. The maximum absolute atomic E-state index is 14.9. The lowest BCUT2D eigenvalue weighted by Gasteiger charge is -2.15. The van der Waals surface area contributed by atoms with E-state index in [1.807, 2.05) is 38.1 Å². The van der Waals surface area contributed by atoms with Crippen LogP contribution in [0.25, 0.3) is 11.1 Å². The van der Waals surface area contributed by atoms with E-state index < -0.39 is 18.0 Å². The van der Waals surface area contributed by atoms with Crippen LogP contribution < -0.4 is 15.5 Å². The summed E-state index contributed by atoms with van der Waals surface area (Å²) in [4.78, 5) is 29.9. The first-order chi connectivity index (χ1) is 16.3. The third-order valence-corrected chi connectivity index (χ3v) is 6.14. The highest BCUT2D eigenvalue weighted by molar-refractivity contribution is 5.90. The van der Waals surface area contributed by atoms with Crippen LogP contribution in [0.15, 0.2) is 47.6 Å². The van der Waals surface area contributed by atoms with Crippen molar-refractivity contribution in [2.75, 3.05) is 24.5 Å². The molecular weight excluding hydrogens is 439 g/mol. The number of cyclic esters (lactones) is 1. The molecule has 2 N–H and O–H groups in total. The number of nitrogens with one attached hydrogen (secondary N) is 2. The molecule has 2 unspecified atom stereocenters. The average molecular weight is 469 g/mol. The van der Waals surface area contributed by atoms with Crippen LogP contribution in [0.3, 0.4) is 0 Å². The summed E-state index contributed by atoms with van der Waals surface area (Å²) in [6.45, 7) is 7.32. The molecule has 0 spiro atoms. The van der Waals surface area contributed by atoms with Crippen molar-refractivity contribution in [1.29, 1.82) is 0 Å². The fraction of sp³-hybridized carbons (Fsp3) is 0.400. The van der Waals surface area contributed by atoms with Crippen molar-refractivity contribution in [3.05, 3.63) is 53.8 Å². The normalized spacial score (nSPS) is 21.8. The van der Waals surface area contributed by atoms with Gasteiger partial charge in [-0.25, -0.2) is 9.18 Å². The Hall–Kier alpha value is -3.46. The second-order valence-corrected chi connectivity index (χ2v) is 8.70. The fourth-order valence-electron chi connectivity index (χ4n) is 4.14. The van der Waals surface area contributed by atoms with Gasteiger partial charge in [-0.3, -0.25) is 9.69 Å². The lowest BCUT2D eigenvalue weighted by molar-refractivity contribution is -0.119. The maximum Gasteiger partial charge on any atom is 0.414 e. The lowest BCUT2D eigenvalue weighted by atomic mass is 9.99. The largest absolute Gasteiger partial charge is 0.442 e. The quantitative estimate of drug-likeness (QED) is 0.619. The number of nitrogens with zero attached hydrogens (tertiary/aromatic N) is 2. The Balaban J connectivity index is 1.36. The van der Waals surface area contributed by atoms with E-state index in [0.29, 0.717) is 17.8 Å². The molecule has 0 saturated carbocycles. The van der Waals surface area contributed by atoms with Crippen molar-refractivity contribution in [1.82, 2.24) is 10.6 Å². The smallest absolute Gasteiger partial charge is 0.414 e. The van der Waals surface area contributed by atoms with E-state index in [0.717, 1.165) is 23.4 Å². The van der Waals surface area contributed by atoms with Crippen LogP contribution in [0.1, 0.15) is 26.3 Å². The molecule has 8 nitrogen and oxygen atoms in total. The molecule has 0 bridgehead atoms. The van der Waals surface area contributed by atoms with Crippen LogP contribution in [0.4, 0.5) is 14.9 Å². The highest BCUT2D eigenvalue weighted by Crippen LogP contribution is 2.29. The van der Waals surface area contributed by atoms with E-state index in [1.54, 1.807) is 12.1 Å².